The van der Waals surface area contributed by atoms with E-state index in [9.17, 15) is 43.8 Å². The number of carbonyl (C=O) groups excluding carboxylic acids is 12. The summed E-state index contributed by atoms with van der Waals surface area (Å²) in [7, 11) is 9.77. The number of likely N-dealkylation sites (N-methyl/N-ethyl adjacent to an activating group) is 7. The van der Waals surface area contributed by atoms with Gasteiger partial charge in [-0.25, -0.2) is 0 Å². The van der Waals surface area contributed by atoms with Crippen LogP contribution in [0.4, 0.5) is 0 Å². The molecule has 0 radical (unpaired) electrons. The molecule has 6 N–H and O–H groups in total. The summed E-state index contributed by atoms with van der Waals surface area (Å²) < 4.78 is 0. The number of amides is 12. The molecule has 4 rings (SSSR count). The number of hydrogen-bond donors (Lipinski definition) is 6. The first kappa shape index (κ1) is 84.3. The van der Waals surface area contributed by atoms with Gasteiger partial charge in [0, 0.05) is 75.3 Å². The number of nitrogens with zero attached hydrogens (tertiary/aromatic N) is 8. The fraction of sp³-hybridized carbons (Fsp3) is 0.676. The summed E-state index contributed by atoms with van der Waals surface area (Å²) in [6, 6.07) is 1.45. The fourth-order valence-electron chi connectivity index (χ4n) is 13.0. The normalized spacial score (nSPS) is 25.1. The summed E-state index contributed by atoms with van der Waals surface area (Å²) in [5.41, 5.74) is 1.15. The zero-order valence-corrected chi connectivity index (χ0v) is 62.9. The molecule has 0 aromatic heterocycles. The number of aliphatic hydroxyl groups excluding tert-OH is 1. The first-order valence-corrected chi connectivity index (χ1v) is 35.6. The van der Waals surface area contributed by atoms with Gasteiger partial charge in [0.2, 0.25) is 70.9 Å². The number of hydrogen-bond acceptors (Lipinski definition) is 14. The van der Waals surface area contributed by atoms with E-state index in [-0.39, 0.29) is 86.7 Å². The zero-order valence-electron chi connectivity index (χ0n) is 62.9. The fourth-order valence-corrected chi connectivity index (χ4v) is 13.0. The highest BCUT2D eigenvalue weighted by molar-refractivity contribution is 6.00. The van der Waals surface area contributed by atoms with Gasteiger partial charge in [0.05, 0.1) is 19.1 Å². The molecule has 100 heavy (non-hydrogen) atoms. The van der Waals surface area contributed by atoms with Gasteiger partial charge in [-0.05, 0) is 118 Å². The van der Waals surface area contributed by atoms with Crippen LogP contribution in [0.5, 0.6) is 5.75 Å². The second-order valence-corrected chi connectivity index (χ2v) is 29.7. The van der Waals surface area contributed by atoms with Crippen molar-refractivity contribution in [1.82, 2.24) is 60.5 Å². The Morgan fingerprint density at radius 2 is 0.850 bits per heavy atom. The van der Waals surface area contributed by atoms with Crippen molar-refractivity contribution in [2.75, 3.05) is 69.0 Å². The number of aliphatic hydroxyl groups is 1. The molecule has 0 aliphatic carbocycles. The maximum atomic E-state index is 15.5. The molecule has 0 spiro atoms. The lowest BCUT2D eigenvalue weighted by Crippen LogP contribution is -2.62. The van der Waals surface area contributed by atoms with E-state index < -0.39 is 150 Å². The highest BCUT2D eigenvalue weighted by Gasteiger charge is 2.44. The molecule has 0 bridgehead atoms. The summed E-state index contributed by atoms with van der Waals surface area (Å²) >= 11 is 0. The lowest BCUT2D eigenvalue weighted by Gasteiger charge is -2.38. The lowest BCUT2D eigenvalue weighted by molar-refractivity contribution is -0.151. The van der Waals surface area contributed by atoms with Gasteiger partial charge in [0.15, 0.2) is 0 Å². The van der Waals surface area contributed by atoms with Crippen LogP contribution in [-0.4, -0.2) is 256 Å². The molecule has 26 nitrogen and oxygen atoms in total. The predicted molar refractivity (Wildman–Crippen MR) is 381 cm³/mol. The van der Waals surface area contributed by atoms with E-state index in [1.54, 1.807) is 54.3 Å². The van der Waals surface area contributed by atoms with Crippen molar-refractivity contribution in [1.29, 1.82) is 0 Å². The van der Waals surface area contributed by atoms with Crippen molar-refractivity contribution in [2.45, 2.75) is 227 Å². The van der Waals surface area contributed by atoms with Crippen LogP contribution < -0.4 is 21.3 Å². The molecule has 11 atom stereocenters. The van der Waals surface area contributed by atoms with E-state index >= 15 is 24.0 Å². The molecule has 2 aliphatic rings. The second-order valence-electron chi connectivity index (χ2n) is 29.7. The van der Waals surface area contributed by atoms with Gasteiger partial charge in [0.1, 0.15) is 66.2 Å². The highest BCUT2D eigenvalue weighted by atomic mass is 16.3. The van der Waals surface area contributed by atoms with Gasteiger partial charge in [-0.2, -0.15) is 0 Å². The standard InChI is InChI=1S/C74H118N12O14/c1-20-56-65(91)75-53(35-44(2)3)69(95)84(18)61(39-48(10)11)73(99)83(17)59(41-50-27-23-21-24-28-50)67(93)76-54(40-51-29-31-52(88)32-30-51)70(96)85(19)60(38-47(8)9)72(98)82(16)58(37-46(6)7)68(94)78-64(49(12)87)74(100)79(13)43-63(90)81(15)57(36-45(4)5)66(92)77-55(42-62(89)80(56)14)71(97)86-33-25-22-26-34-86/h21,23-24,27-32,44-49,53-61,64,87-88H,20,22,25-26,33-43H2,1-19H3,(H,75,91)(H,76,93)(H,77,92)(H,78,94)/t49-,53+,54+,55+,56+,57+,58+,59+,60+,61+,64+/m1/s1. The third kappa shape index (κ3) is 24.0. The minimum absolute atomic E-state index is 0.0412. The molecule has 0 unspecified atom stereocenters. The molecular weight excluding hydrogens is 1280 g/mol. The molecule has 2 heterocycles. The summed E-state index contributed by atoms with van der Waals surface area (Å²) in [4.78, 5) is 190. The number of phenolic OH excluding ortho intramolecular Hbond substituents is 1. The van der Waals surface area contributed by atoms with Gasteiger partial charge in [0.25, 0.3) is 0 Å². The maximum Gasteiger partial charge on any atom is 0.248 e. The number of benzene rings is 2. The van der Waals surface area contributed by atoms with Crippen molar-refractivity contribution in [3.63, 3.8) is 0 Å². The number of piperidine rings is 1. The number of phenols is 1. The van der Waals surface area contributed by atoms with E-state index in [0.717, 1.165) is 16.2 Å². The van der Waals surface area contributed by atoms with Crippen LogP contribution in [0.25, 0.3) is 0 Å². The Labute approximate surface area is 593 Å². The van der Waals surface area contributed by atoms with Crippen LogP contribution in [0.2, 0.25) is 0 Å². The quantitative estimate of drug-likeness (QED) is 0.131. The van der Waals surface area contributed by atoms with Gasteiger partial charge in [-0.1, -0.05) is 119 Å². The third-order valence-corrected chi connectivity index (χ3v) is 19.0. The molecular formula is C74H118N12O14. The Kier molecular flexibility index (Phi) is 33.0. The number of aromatic hydroxyl groups is 1. The van der Waals surface area contributed by atoms with Crippen LogP contribution >= 0.6 is 0 Å². The first-order valence-electron chi connectivity index (χ1n) is 35.6. The van der Waals surface area contributed by atoms with E-state index in [1.165, 1.54) is 92.9 Å². The number of rotatable bonds is 17. The summed E-state index contributed by atoms with van der Waals surface area (Å²) in [6.45, 7) is 21.5. The second kappa shape index (κ2) is 39.2. The Hall–Kier alpha value is -8.16. The number of nitrogens with one attached hydrogen (secondary N) is 4. The van der Waals surface area contributed by atoms with E-state index in [2.05, 4.69) is 21.3 Å². The molecule has 2 aliphatic heterocycles. The van der Waals surface area contributed by atoms with Crippen molar-refractivity contribution in [3.8, 4) is 5.75 Å². The van der Waals surface area contributed by atoms with Gasteiger partial charge < -0.3 is 70.7 Å². The Bertz CT molecular complexity index is 3100. The van der Waals surface area contributed by atoms with Crippen LogP contribution in [0.15, 0.2) is 54.6 Å². The van der Waals surface area contributed by atoms with Gasteiger partial charge in [-0.15, -0.1) is 0 Å². The minimum Gasteiger partial charge on any atom is -0.508 e. The van der Waals surface area contributed by atoms with Gasteiger partial charge >= 0.3 is 0 Å². The zero-order chi connectivity index (χ0) is 75.3. The Morgan fingerprint density at radius 3 is 1.34 bits per heavy atom. The summed E-state index contributed by atoms with van der Waals surface area (Å²) in [6.07, 6.45) is 0.238. The predicted octanol–water partition coefficient (Wildman–Crippen LogP) is 3.97. The molecule has 12 amide bonds. The Balaban J connectivity index is 2.00. The molecule has 0 saturated carbocycles. The largest absolute Gasteiger partial charge is 0.508 e. The topological polar surface area (TPSA) is 319 Å². The summed E-state index contributed by atoms with van der Waals surface area (Å²) in [5.74, 6) is -9.80. The molecule has 2 aromatic rings. The molecule has 26 heteroatoms. The van der Waals surface area contributed by atoms with Crippen LogP contribution in [0.3, 0.4) is 0 Å². The average molecular weight is 1400 g/mol. The minimum atomic E-state index is -1.67. The van der Waals surface area contributed by atoms with Crippen molar-refractivity contribution in [2.24, 2.45) is 29.6 Å². The number of carbonyl (C=O) groups is 12. The van der Waals surface area contributed by atoms with Crippen LogP contribution in [0, 0.1) is 29.6 Å². The molecule has 558 valence electrons. The molecule has 2 saturated heterocycles. The van der Waals surface area contributed by atoms with E-state index in [1.807, 2.05) is 69.2 Å². The van der Waals surface area contributed by atoms with Gasteiger partial charge in [-0.3, -0.25) is 57.5 Å². The van der Waals surface area contributed by atoms with E-state index in [0.29, 0.717) is 37.1 Å². The van der Waals surface area contributed by atoms with Crippen molar-refractivity contribution < 1.29 is 67.7 Å². The monoisotopic (exact) mass is 1400 g/mol. The first-order chi connectivity index (χ1) is 46.8. The van der Waals surface area contributed by atoms with Crippen molar-refractivity contribution >= 4 is 70.9 Å². The highest BCUT2D eigenvalue weighted by Crippen LogP contribution is 2.25. The lowest BCUT2D eigenvalue weighted by atomic mass is 9.96. The Morgan fingerprint density at radius 1 is 0.440 bits per heavy atom. The number of likely N-dealkylation sites (tertiary alicyclic amines) is 1. The maximum absolute atomic E-state index is 15.5. The SMILES string of the molecule is CC[C@H]1C(=O)N[C@@H](CC(C)C)C(=O)N(C)[C@@H](CC(C)C)C(=O)N(C)[C@@H](Cc2ccccc2)C(=O)N[C@@H](Cc2ccc(O)cc2)C(=O)N(C)[C@@H](CC(C)C)C(=O)N(C)[C@@H](CC(C)C)C(=O)N[C@@H]([C@@H](C)O)C(=O)N(C)CC(=O)N(C)[C@@H](CC(C)C)C(=O)N[C@H](C(=O)N2CCCCC2)CC(=O)N1C. The smallest absolute Gasteiger partial charge is 0.248 e. The summed E-state index contributed by atoms with van der Waals surface area (Å²) in [5, 5.41) is 32.9. The molecule has 2 aromatic carbocycles. The van der Waals surface area contributed by atoms with Crippen LogP contribution in [-0.2, 0) is 70.4 Å². The molecule has 2 fully saturated rings. The third-order valence-electron chi connectivity index (χ3n) is 19.0. The van der Waals surface area contributed by atoms with Crippen molar-refractivity contribution in [3.05, 3.63) is 65.7 Å². The average Bonchev–Trinajstić information content (AvgIpc) is 0.817. The van der Waals surface area contributed by atoms with Crippen LogP contribution in [0.1, 0.15) is 158 Å². The van der Waals surface area contributed by atoms with E-state index in [4.69, 9.17) is 0 Å².